The number of nitriles is 1. The van der Waals surface area contributed by atoms with Crippen molar-refractivity contribution in [3.63, 3.8) is 0 Å². The minimum atomic E-state index is -2.85. The lowest BCUT2D eigenvalue weighted by molar-refractivity contribution is 0.153. The maximum absolute atomic E-state index is 13.7. The Hall–Kier alpha value is -4.59. The Morgan fingerprint density at radius 2 is 1.79 bits per heavy atom. The van der Waals surface area contributed by atoms with Crippen LogP contribution < -0.4 is 22.3 Å². The molecule has 1 atom stereocenters. The maximum atomic E-state index is 13.7. The van der Waals surface area contributed by atoms with Gasteiger partial charge in [-0.1, -0.05) is 30.3 Å². The Balaban J connectivity index is 1.96. The predicted molar refractivity (Wildman–Crippen MR) is 120 cm³/mol. The molecule has 0 aliphatic heterocycles. The Labute approximate surface area is 186 Å². The third kappa shape index (κ3) is 3.89. The molecule has 5 N–H and O–H groups in total. The molecule has 166 valence electrons. The van der Waals surface area contributed by atoms with Gasteiger partial charge < -0.3 is 16.8 Å². The Morgan fingerprint density at radius 3 is 2.45 bits per heavy atom. The highest BCUT2D eigenvalue weighted by Crippen LogP contribution is 2.28. The van der Waals surface area contributed by atoms with E-state index in [1.54, 1.807) is 37.3 Å². The summed E-state index contributed by atoms with van der Waals surface area (Å²) in [4.78, 5) is 25.8. The Morgan fingerprint density at radius 1 is 1.06 bits per heavy atom. The highest BCUT2D eigenvalue weighted by molar-refractivity contribution is 5.82. The molecular formula is C22H18F2N8O. The first kappa shape index (κ1) is 21.6. The summed E-state index contributed by atoms with van der Waals surface area (Å²) in [5, 5.41) is 12.3. The molecule has 4 rings (SSSR count). The number of rotatable bonds is 5. The summed E-state index contributed by atoms with van der Waals surface area (Å²) < 4.78 is 28.6. The van der Waals surface area contributed by atoms with Crippen molar-refractivity contribution in [1.29, 1.82) is 5.26 Å². The zero-order valence-electron chi connectivity index (χ0n) is 17.3. The van der Waals surface area contributed by atoms with Crippen molar-refractivity contribution in [3.05, 3.63) is 75.8 Å². The number of nitrogens with two attached hydrogens (primary N) is 2. The molecular weight excluding hydrogens is 430 g/mol. The van der Waals surface area contributed by atoms with E-state index in [9.17, 15) is 18.8 Å². The first-order chi connectivity index (χ1) is 15.8. The number of halogens is 2. The summed E-state index contributed by atoms with van der Waals surface area (Å²) in [6.07, 6.45) is -2.85. The molecule has 0 fully saturated rings. The molecule has 0 aliphatic rings. The molecule has 4 aromatic rings. The van der Waals surface area contributed by atoms with E-state index in [0.29, 0.717) is 5.69 Å². The summed E-state index contributed by atoms with van der Waals surface area (Å²) in [6, 6.07) is 13.9. The van der Waals surface area contributed by atoms with Crippen molar-refractivity contribution < 1.29 is 8.78 Å². The molecule has 0 saturated carbocycles. The smallest absolute Gasteiger partial charge is 0.266 e. The average molecular weight is 448 g/mol. The van der Waals surface area contributed by atoms with Crippen LogP contribution in [0.2, 0.25) is 0 Å². The van der Waals surface area contributed by atoms with E-state index >= 15 is 0 Å². The molecule has 0 saturated heterocycles. The quantitative estimate of drug-likeness (QED) is 0.421. The van der Waals surface area contributed by atoms with Crippen LogP contribution >= 0.6 is 0 Å². The largest absolute Gasteiger partial charge is 0.382 e. The van der Waals surface area contributed by atoms with Crippen LogP contribution in [-0.2, 0) is 0 Å². The summed E-state index contributed by atoms with van der Waals surface area (Å²) in [7, 11) is 0. The average Bonchev–Trinajstić information content (AvgIpc) is 2.78. The third-order valence-electron chi connectivity index (χ3n) is 5.01. The SMILES string of the molecule is C[C@H](Nc1nc(N)nc(N)c1C#N)c1nc2cccc(C(F)F)c2c(=O)n1-c1ccccc1. The van der Waals surface area contributed by atoms with Crippen LogP contribution in [-0.4, -0.2) is 19.5 Å². The van der Waals surface area contributed by atoms with E-state index in [1.807, 2.05) is 6.07 Å². The Bertz CT molecular complexity index is 1450. The summed E-state index contributed by atoms with van der Waals surface area (Å²) in [5.41, 5.74) is 10.9. The van der Waals surface area contributed by atoms with E-state index < -0.39 is 23.6 Å². The van der Waals surface area contributed by atoms with Crippen molar-refractivity contribution in [1.82, 2.24) is 19.5 Å². The van der Waals surface area contributed by atoms with Crippen LogP contribution in [0.1, 0.15) is 36.3 Å². The van der Waals surface area contributed by atoms with E-state index in [2.05, 4.69) is 20.3 Å². The van der Waals surface area contributed by atoms with Crippen LogP contribution in [0.3, 0.4) is 0 Å². The lowest BCUT2D eigenvalue weighted by Gasteiger charge is -2.21. The van der Waals surface area contributed by atoms with Gasteiger partial charge in [0.1, 0.15) is 23.3 Å². The van der Waals surface area contributed by atoms with Gasteiger partial charge in [-0.15, -0.1) is 0 Å². The number of para-hydroxylation sites is 1. The number of benzene rings is 2. The van der Waals surface area contributed by atoms with Crippen molar-refractivity contribution in [3.8, 4) is 11.8 Å². The molecule has 0 unspecified atom stereocenters. The van der Waals surface area contributed by atoms with Crippen LogP contribution in [0.5, 0.6) is 0 Å². The first-order valence-corrected chi connectivity index (χ1v) is 9.80. The first-order valence-electron chi connectivity index (χ1n) is 9.80. The lowest BCUT2D eigenvalue weighted by Crippen LogP contribution is -2.28. The number of alkyl halides is 2. The highest BCUT2D eigenvalue weighted by Gasteiger charge is 2.23. The van der Waals surface area contributed by atoms with Crippen molar-refractivity contribution in [2.45, 2.75) is 19.4 Å². The second-order valence-corrected chi connectivity index (χ2v) is 7.16. The van der Waals surface area contributed by atoms with Gasteiger partial charge in [-0.25, -0.2) is 13.8 Å². The minimum Gasteiger partial charge on any atom is -0.382 e. The second-order valence-electron chi connectivity index (χ2n) is 7.16. The monoisotopic (exact) mass is 448 g/mol. The van der Waals surface area contributed by atoms with Gasteiger partial charge in [-0.05, 0) is 25.1 Å². The molecule has 33 heavy (non-hydrogen) atoms. The number of hydrogen-bond donors (Lipinski definition) is 3. The molecule has 2 aromatic carbocycles. The molecule has 0 amide bonds. The highest BCUT2D eigenvalue weighted by atomic mass is 19.3. The maximum Gasteiger partial charge on any atom is 0.266 e. The van der Waals surface area contributed by atoms with Crippen molar-refractivity contribution in [2.75, 3.05) is 16.8 Å². The van der Waals surface area contributed by atoms with Gasteiger partial charge in [-0.3, -0.25) is 9.36 Å². The summed E-state index contributed by atoms with van der Waals surface area (Å²) >= 11 is 0. The van der Waals surface area contributed by atoms with E-state index in [-0.39, 0.29) is 39.9 Å². The standard InChI is InChI=1S/C22H18F2N8O/c1-11(28-19-14(10-25)18(26)30-22(27)31-19)20-29-15-9-5-8-13(17(23)24)16(15)21(33)32(20)12-6-3-2-4-7-12/h2-9,11,17H,1H3,(H5,26,27,28,30,31)/t11-/m0/s1. The van der Waals surface area contributed by atoms with Gasteiger partial charge in [-0.2, -0.15) is 15.2 Å². The summed E-state index contributed by atoms with van der Waals surface area (Å²) in [6.45, 7) is 1.68. The number of aromatic nitrogens is 4. The van der Waals surface area contributed by atoms with E-state index in [4.69, 9.17) is 11.5 Å². The molecule has 11 heteroatoms. The predicted octanol–water partition coefficient (Wildman–Crippen LogP) is 3.32. The Kier molecular flexibility index (Phi) is 5.58. The lowest BCUT2D eigenvalue weighted by atomic mass is 10.1. The topological polar surface area (TPSA) is 149 Å². The fourth-order valence-electron chi connectivity index (χ4n) is 3.55. The van der Waals surface area contributed by atoms with E-state index in [1.165, 1.54) is 22.8 Å². The number of hydrogen-bond acceptors (Lipinski definition) is 8. The van der Waals surface area contributed by atoms with Gasteiger partial charge in [0.15, 0.2) is 5.82 Å². The fourth-order valence-corrected chi connectivity index (χ4v) is 3.55. The van der Waals surface area contributed by atoms with Crippen LogP contribution in [0.4, 0.5) is 26.4 Å². The molecule has 0 spiro atoms. The normalized spacial score (nSPS) is 12.0. The van der Waals surface area contributed by atoms with Gasteiger partial charge >= 0.3 is 0 Å². The molecule has 0 bridgehead atoms. The molecule has 0 aliphatic carbocycles. The van der Waals surface area contributed by atoms with Gasteiger partial charge in [0.25, 0.3) is 12.0 Å². The van der Waals surface area contributed by atoms with Crippen molar-refractivity contribution >= 4 is 28.5 Å². The van der Waals surface area contributed by atoms with E-state index in [0.717, 1.165) is 0 Å². The van der Waals surface area contributed by atoms with Gasteiger partial charge in [0.2, 0.25) is 5.95 Å². The van der Waals surface area contributed by atoms with Crippen LogP contribution in [0.15, 0.2) is 53.3 Å². The number of nitrogens with zero attached hydrogens (tertiary/aromatic N) is 5. The fraction of sp³-hybridized carbons (Fsp3) is 0.136. The summed E-state index contributed by atoms with van der Waals surface area (Å²) in [5.74, 6) is 0.0259. The van der Waals surface area contributed by atoms with Crippen LogP contribution in [0.25, 0.3) is 16.6 Å². The number of nitrogen functional groups attached to an aromatic ring is 2. The molecule has 2 aromatic heterocycles. The van der Waals surface area contributed by atoms with Crippen LogP contribution in [0, 0.1) is 11.3 Å². The molecule has 2 heterocycles. The minimum absolute atomic E-state index is 0.0227. The number of anilines is 3. The number of nitrogens with one attached hydrogen (secondary N) is 1. The zero-order chi connectivity index (χ0) is 23.7. The zero-order valence-corrected chi connectivity index (χ0v) is 17.3. The molecule has 9 nitrogen and oxygen atoms in total. The third-order valence-corrected chi connectivity index (χ3v) is 5.01. The van der Waals surface area contributed by atoms with Crippen molar-refractivity contribution in [2.24, 2.45) is 0 Å². The number of fused-ring (bicyclic) bond motifs is 1. The van der Waals surface area contributed by atoms with Gasteiger partial charge in [0, 0.05) is 5.56 Å². The second kappa shape index (κ2) is 8.51. The molecule has 0 radical (unpaired) electrons. The van der Waals surface area contributed by atoms with Gasteiger partial charge in [0.05, 0.1) is 22.6 Å².